The van der Waals surface area contributed by atoms with Gasteiger partial charge in [0.25, 0.3) is 0 Å². The second-order valence-corrected chi connectivity index (χ2v) is 5.18. The average molecular weight is 335 g/mol. The van der Waals surface area contributed by atoms with Crippen LogP contribution in [0.4, 0.5) is 0 Å². The first-order valence-electron chi connectivity index (χ1n) is 7.37. The normalized spacial score (nSPS) is 11.7. The van der Waals surface area contributed by atoms with E-state index in [9.17, 15) is 4.79 Å². The molecular formula is C16H21N3O5. The number of nitrogens with zero attached hydrogens (tertiary/aromatic N) is 2. The Balaban J connectivity index is 2.11. The molecule has 1 aromatic carbocycles. The van der Waals surface area contributed by atoms with Gasteiger partial charge in [0.15, 0.2) is 17.3 Å². The third-order valence-electron chi connectivity index (χ3n) is 3.38. The first kappa shape index (κ1) is 17.6. The standard InChI is InChI=1S/C16H21N3O5/c1-9(16-18-10(2)19-24-16)17-14(20)8-11-6-12(21-3)15(23-5)13(7-11)22-4/h6-7,9H,8H2,1-5H3,(H,17,20)/t9-/m1/s1. The summed E-state index contributed by atoms with van der Waals surface area (Å²) in [6.07, 6.45) is 0.147. The lowest BCUT2D eigenvalue weighted by Gasteiger charge is -2.14. The molecule has 1 heterocycles. The fourth-order valence-electron chi connectivity index (χ4n) is 2.27. The smallest absolute Gasteiger partial charge is 0.248 e. The summed E-state index contributed by atoms with van der Waals surface area (Å²) in [5, 5.41) is 6.52. The van der Waals surface area contributed by atoms with E-state index in [1.54, 1.807) is 26.0 Å². The van der Waals surface area contributed by atoms with E-state index >= 15 is 0 Å². The highest BCUT2D eigenvalue weighted by Gasteiger charge is 2.18. The number of ether oxygens (including phenoxy) is 3. The minimum Gasteiger partial charge on any atom is -0.493 e. The van der Waals surface area contributed by atoms with Gasteiger partial charge in [-0.05, 0) is 31.5 Å². The van der Waals surface area contributed by atoms with Gasteiger partial charge < -0.3 is 24.1 Å². The maximum absolute atomic E-state index is 12.2. The third-order valence-corrected chi connectivity index (χ3v) is 3.38. The zero-order valence-electron chi connectivity index (χ0n) is 14.4. The fourth-order valence-corrected chi connectivity index (χ4v) is 2.27. The largest absolute Gasteiger partial charge is 0.493 e. The van der Waals surface area contributed by atoms with E-state index in [4.69, 9.17) is 18.7 Å². The summed E-state index contributed by atoms with van der Waals surface area (Å²) in [5.74, 6) is 2.19. The number of hydrogen-bond acceptors (Lipinski definition) is 7. The van der Waals surface area contributed by atoms with Crippen LogP contribution in [0.5, 0.6) is 17.2 Å². The zero-order valence-corrected chi connectivity index (χ0v) is 14.4. The highest BCUT2D eigenvalue weighted by molar-refractivity contribution is 5.79. The van der Waals surface area contributed by atoms with Crippen LogP contribution >= 0.6 is 0 Å². The lowest BCUT2D eigenvalue weighted by molar-refractivity contribution is -0.121. The summed E-state index contributed by atoms with van der Waals surface area (Å²) in [7, 11) is 4.59. The third kappa shape index (κ3) is 3.95. The second kappa shape index (κ2) is 7.67. The molecule has 1 atom stereocenters. The molecule has 0 aliphatic heterocycles. The van der Waals surface area contributed by atoms with Crippen LogP contribution in [0.25, 0.3) is 0 Å². The molecular weight excluding hydrogens is 314 g/mol. The Labute approximate surface area is 140 Å². The Morgan fingerprint density at radius 1 is 1.21 bits per heavy atom. The molecule has 1 aromatic heterocycles. The highest BCUT2D eigenvalue weighted by Crippen LogP contribution is 2.38. The molecule has 8 nitrogen and oxygen atoms in total. The van der Waals surface area contributed by atoms with E-state index in [1.165, 1.54) is 21.3 Å². The molecule has 0 spiro atoms. The number of methoxy groups -OCH3 is 3. The maximum atomic E-state index is 12.2. The van der Waals surface area contributed by atoms with Crippen LogP contribution in [-0.2, 0) is 11.2 Å². The van der Waals surface area contributed by atoms with Crippen molar-refractivity contribution in [2.45, 2.75) is 26.3 Å². The summed E-state index contributed by atoms with van der Waals surface area (Å²) in [5.41, 5.74) is 0.732. The monoisotopic (exact) mass is 335 g/mol. The topological polar surface area (TPSA) is 95.7 Å². The number of benzene rings is 1. The molecule has 0 radical (unpaired) electrons. The van der Waals surface area contributed by atoms with Crippen LogP contribution in [0.2, 0.25) is 0 Å². The van der Waals surface area contributed by atoms with Crippen molar-refractivity contribution in [3.63, 3.8) is 0 Å². The number of hydrogen-bond donors (Lipinski definition) is 1. The zero-order chi connectivity index (χ0) is 17.7. The Hall–Kier alpha value is -2.77. The quantitative estimate of drug-likeness (QED) is 0.824. The van der Waals surface area contributed by atoms with Gasteiger partial charge in [-0.15, -0.1) is 0 Å². The van der Waals surface area contributed by atoms with Gasteiger partial charge in [-0.2, -0.15) is 4.98 Å². The van der Waals surface area contributed by atoms with Crippen molar-refractivity contribution in [3.8, 4) is 17.2 Å². The number of rotatable bonds is 7. The summed E-state index contributed by atoms with van der Waals surface area (Å²) in [4.78, 5) is 16.3. The maximum Gasteiger partial charge on any atom is 0.248 e. The number of nitrogens with one attached hydrogen (secondary N) is 1. The van der Waals surface area contributed by atoms with Crippen molar-refractivity contribution >= 4 is 5.91 Å². The Morgan fingerprint density at radius 2 is 1.83 bits per heavy atom. The van der Waals surface area contributed by atoms with Crippen molar-refractivity contribution in [3.05, 3.63) is 29.4 Å². The van der Waals surface area contributed by atoms with Gasteiger partial charge in [-0.25, -0.2) is 0 Å². The molecule has 24 heavy (non-hydrogen) atoms. The van der Waals surface area contributed by atoms with Crippen molar-refractivity contribution < 1.29 is 23.5 Å². The summed E-state index contributed by atoms with van der Waals surface area (Å²) in [6, 6.07) is 3.10. The molecule has 2 aromatic rings. The van der Waals surface area contributed by atoms with Crippen LogP contribution in [0.3, 0.4) is 0 Å². The van der Waals surface area contributed by atoms with Crippen LogP contribution < -0.4 is 19.5 Å². The van der Waals surface area contributed by atoms with Crippen LogP contribution in [0.15, 0.2) is 16.7 Å². The van der Waals surface area contributed by atoms with E-state index in [1.807, 2.05) is 0 Å². The van der Waals surface area contributed by atoms with Gasteiger partial charge in [0.2, 0.25) is 17.5 Å². The molecule has 8 heteroatoms. The number of carbonyl (C=O) groups is 1. The number of aromatic nitrogens is 2. The molecule has 0 bridgehead atoms. The molecule has 0 aliphatic carbocycles. The van der Waals surface area contributed by atoms with E-state index in [0.717, 1.165) is 5.56 Å². The van der Waals surface area contributed by atoms with Gasteiger partial charge in [0, 0.05) is 0 Å². The van der Waals surface area contributed by atoms with Gasteiger partial charge >= 0.3 is 0 Å². The van der Waals surface area contributed by atoms with Crippen LogP contribution in [0, 0.1) is 6.92 Å². The van der Waals surface area contributed by atoms with Gasteiger partial charge in [0.1, 0.15) is 6.04 Å². The van der Waals surface area contributed by atoms with E-state index in [0.29, 0.717) is 29.0 Å². The molecule has 0 unspecified atom stereocenters. The first-order chi connectivity index (χ1) is 11.5. The van der Waals surface area contributed by atoms with E-state index in [2.05, 4.69) is 15.5 Å². The molecule has 0 saturated heterocycles. The summed E-state index contributed by atoms with van der Waals surface area (Å²) < 4.78 is 20.9. The van der Waals surface area contributed by atoms with Gasteiger partial charge in [-0.1, -0.05) is 5.16 Å². The lowest BCUT2D eigenvalue weighted by atomic mass is 10.1. The predicted octanol–water partition coefficient (Wildman–Crippen LogP) is 1.82. The summed E-state index contributed by atoms with van der Waals surface area (Å²) >= 11 is 0. The lowest BCUT2D eigenvalue weighted by Crippen LogP contribution is -2.28. The number of aryl methyl sites for hydroxylation is 1. The summed E-state index contributed by atoms with van der Waals surface area (Å²) in [6.45, 7) is 3.50. The van der Waals surface area contributed by atoms with E-state index < -0.39 is 0 Å². The highest BCUT2D eigenvalue weighted by atomic mass is 16.5. The fraction of sp³-hybridized carbons (Fsp3) is 0.438. The molecule has 0 aliphatic rings. The predicted molar refractivity (Wildman–Crippen MR) is 85.4 cm³/mol. The molecule has 2 rings (SSSR count). The molecule has 1 amide bonds. The average Bonchev–Trinajstić information content (AvgIpc) is 3.00. The van der Waals surface area contributed by atoms with Crippen molar-refractivity contribution in [2.75, 3.05) is 21.3 Å². The molecule has 1 N–H and O–H groups in total. The number of carbonyl (C=O) groups excluding carboxylic acids is 1. The number of amides is 1. The SMILES string of the molecule is COc1cc(CC(=O)N[C@H](C)c2nc(C)no2)cc(OC)c1OC. The Morgan fingerprint density at radius 3 is 2.29 bits per heavy atom. The van der Waals surface area contributed by atoms with Gasteiger partial charge in [-0.3, -0.25) is 4.79 Å². The minimum absolute atomic E-state index is 0.147. The van der Waals surface area contributed by atoms with Crippen molar-refractivity contribution in [1.82, 2.24) is 15.5 Å². The van der Waals surface area contributed by atoms with Crippen molar-refractivity contribution in [1.29, 1.82) is 0 Å². The first-order valence-corrected chi connectivity index (χ1v) is 7.37. The van der Waals surface area contributed by atoms with Crippen molar-refractivity contribution in [2.24, 2.45) is 0 Å². The van der Waals surface area contributed by atoms with Gasteiger partial charge in [0.05, 0.1) is 27.8 Å². The Kier molecular flexibility index (Phi) is 5.62. The molecule has 0 saturated carbocycles. The molecule has 130 valence electrons. The molecule has 0 fully saturated rings. The van der Waals surface area contributed by atoms with Crippen LogP contribution in [0.1, 0.15) is 30.2 Å². The van der Waals surface area contributed by atoms with E-state index in [-0.39, 0.29) is 18.4 Å². The Bertz CT molecular complexity index is 688. The van der Waals surface area contributed by atoms with Crippen LogP contribution in [-0.4, -0.2) is 37.4 Å². The minimum atomic E-state index is -0.374. The second-order valence-electron chi connectivity index (χ2n) is 5.18.